The predicted molar refractivity (Wildman–Crippen MR) is 120 cm³/mol. The fourth-order valence-electron chi connectivity index (χ4n) is 4.14. The van der Waals surface area contributed by atoms with Crippen LogP contribution in [0.1, 0.15) is 35.3 Å². The summed E-state index contributed by atoms with van der Waals surface area (Å²) in [6, 6.07) is 8.17. The molecule has 1 aliphatic heterocycles. The van der Waals surface area contributed by atoms with Crippen LogP contribution >= 0.6 is 0 Å². The van der Waals surface area contributed by atoms with E-state index in [9.17, 15) is 14.3 Å². The number of carbonyl (C=O) groups excluding carboxylic acids is 1. The highest BCUT2D eigenvalue weighted by Crippen LogP contribution is 2.32. The maximum absolute atomic E-state index is 14.4. The van der Waals surface area contributed by atoms with Gasteiger partial charge in [-0.1, -0.05) is 13.0 Å². The van der Waals surface area contributed by atoms with Crippen LogP contribution in [0.15, 0.2) is 36.7 Å². The van der Waals surface area contributed by atoms with Crippen molar-refractivity contribution in [2.75, 3.05) is 26.2 Å². The molecule has 9 heteroatoms. The zero-order valence-corrected chi connectivity index (χ0v) is 18.8. The van der Waals surface area contributed by atoms with E-state index in [1.54, 1.807) is 24.3 Å². The number of rotatable bonds is 4. The highest BCUT2D eigenvalue weighted by molar-refractivity contribution is 5.94. The van der Waals surface area contributed by atoms with Crippen molar-refractivity contribution < 1.29 is 14.3 Å². The van der Waals surface area contributed by atoms with Crippen LogP contribution < -0.4 is 0 Å². The van der Waals surface area contributed by atoms with E-state index >= 15 is 0 Å². The summed E-state index contributed by atoms with van der Waals surface area (Å²) >= 11 is 0. The van der Waals surface area contributed by atoms with Gasteiger partial charge < -0.3 is 10.0 Å². The number of nitrogens with zero attached hydrogens (tertiary/aromatic N) is 6. The van der Waals surface area contributed by atoms with Crippen molar-refractivity contribution in [2.24, 2.45) is 0 Å². The quantitative estimate of drug-likeness (QED) is 0.659. The molecular weight excluding hydrogens is 423 g/mol. The summed E-state index contributed by atoms with van der Waals surface area (Å²) in [5.41, 5.74) is 1.20. The second kappa shape index (κ2) is 9.00. The van der Waals surface area contributed by atoms with Gasteiger partial charge in [0.2, 0.25) is 0 Å². The fraction of sp³-hybridized carbons (Fsp3) is 0.333. The third-order valence-electron chi connectivity index (χ3n) is 6.11. The SMILES string of the molecule is CCN1CCN(C(=O)c2ccc(-n3cc(O)c(-c4ccc(C#N)c(F)c4C)n3)nc2)[C@@H](C)C1. The number of carbonyl (C=O) groups is 1. The smallest absolute Gasteiger partial charge is 0.255 e. The van der Waals surface area contributed by atoms with Gasteiger partial charge in [0.15, 0.2) is 11.6 Å². The number of aromatic nitrogens is 3. The molecule has 0 unspecified atom stereocenters. The first-order valence-corrected chi connectivity index (χ1v) is 10.8. The van der Waals surface area contributed by atoms with Crippen molar-refractivity contribution >= 4 is 5.91 Å². The molecule has 1 atom stereocenters. The Bertz CT molecular complexity index is 1230. The lowest BCUT2D eigenvalue weighted by atomic mass is 10.0. The van der Waals surface area contributed by atoms with E-state index in [-0.39, 0.29) is 34.5 Å². The van der Waals surface area contributed by atoms with Crippen LogP contribution in [-0.2, 0) is 0 Å². The van der Waals surface area contributed by atoms with Gasteiger partial charge in [0.25, 0.3) is 5.91 Å². The van der Waals surface area contributed by atoms with E-state index in [1.165, 1.54) is 30.1 Å². The van der Waals surface area contributed by atoms with Crippen molar-refractivity contribution in [3.05, 3.63) is 59.2 Å². The number of benzene rings is 1. The largest absolute Gasteiger partial charge is 0.504 e. The number of hydrogen-bond acceptors (Lipinski definition) is 6. The number of likely N-dealkylation sites (N-methyl/N-ethyl adjacent to an activating group) is 1. The standard InChI is InChI=1S/C24H25FN6O2/c1-4-29-9-10-30(15(2)13-29)24(33)18-6-8-21(27-12-18)31-14-20(32)23(28-31)19-7-5-17(11-26)22(25)16(19)3/h5-8,12,14-15,32H,4,9-10,13H2,1-3H3/t15-/m0/s1. The van der Waals surface area contributed by atoms with Gasteiger partial charge in [0.1, 0.15) is 17.6 Å². The molecule has 0 aliphatic carbocycles. The number of amides is 1. The molecule has 1 amide bonds. The van der Waals surface area contributed by atoms with Crippen molar-refractivity contribution in [2.45, 2.75) is 26.8 Å². The number of aromatic hydroxyl groups is 1. The molecule has 4 rings (SSSR count). The van der Waals surface area contributed by atoms with Crippen LogP contribution in [0.2, 0.25) is 0 Å². The minimum Gasteiger partial charge on any atom is -0.504 e. The maximum Gasteiger partial charge on any atom is 0.255 e. The monoisotopic (exact) mass is 448 g/mol. The first-order valence-electron chi connectivity index (χ1n) is 10.8. The minimum absolute atomic E-state index is 0.0648. The Hall–Kier alpha value is -3.77. The van der Waals surface area contributed by atoms with Gasteiger partial charge in [-0.2, -0.15) is 10.4 Å². The summed E-state index contributed by atoms with van der Waals surface area (Å²) < 4.78 is 15.7. The molecule has 3 aromatic rings. The Morgan fingerprint density at radius 1 is 1.30 bits per heavy atom. The molecule has 1 aromatic carbocycles. The Balaban J connectivity index is 1.57. The number of hydrogen-bond donors (Lipinski definition) is 1. The number of nitriles is 1. The van der Waals surface area contributed by atoms with Gasteiger partial charge in [-0.3, -0.25) is 9.69 Å². The molecule has 1 fully saturated rings. The fourth-order valence-corrected chi connectivity index (χ4v) is 4.14. The molecule has 1 saturated heterocycles. The van der Waals surface area contributed by atoms with Crippen LogP contribution in [0.5, 0.6) is 5.75 Å². The van der Waals surface area contributed by atoms with Crippen LogP contribution in [0.4, 0.5) is 4.39 Å². The van der Waals surface area contributed by atoms with Crippen molar-refractivity contribution in [1.82, 2.24) is 24.6 Å². The summed E-state index contributed by atoms with van der Waals surface area (Å²) in [7, 11) is 0. The molecule has 33 heavy (non-hydrogen) atoms. The van der Waals surface area contributed by atoms with Crippen LogP contribution in [-0.4, -0.2) is 67.8 Å². The normalized spacial score (nSPS) is 16.6. The van der Waals surface area contributed by atoms with Gasteiger partial charge in [0, 0.05) is 37.4 Å². The Kier molecular flexibility index (Phi) is 6.11. The molecule has 0 saturated carbocycles. The molecule has 1 aliphatic rings. The van der Waals surface area contributed by atoms with E-state index in [2.05, 4.69) is 21.9 Å². The van der Waals surface area contributed by atoms with E-state index in [0.717, 1.165) is 19.6 Å². The minimum atomic E-state index is -0.640. The lowest BCUT2D eigenvalue weighted by Crippen LogP contribution is -2.53. The highest BCUT2D eigenvalue weighted by atomic mass is 19.1. The summed E-state index contributed by atoms with van der Waals surface area (Å²) in [5.74, 6) is -0.445. The third kappa shape index (κ3) is 4.17. The maximum atomic E-state index is 14.4. The van der Waals surface area contributed by atoms with E-state index in [0.29, 0.717) is 23.5 Å². The molecule has 170 valence electrons. The lowest BCUT2D eigenvalue weighted by molar-refractivity contribution is 0.0499. The molecule has 0 bridgehead atoms. The van der Waals surface area contributed by atoms with Gasteiger partial charge >= 0.3 is 0 Å². The van der Waals surface area contributed by atoms with Crippen LogP contribution in [0.25, 0.3) is 17.1 Å². The topological polar surface area (TPSA) is 98.3 Å². The number of halogens is 1. The predicted octanol–water partition coefficient (Wildman–Crippen LogP) is 3.13. The first-order chi connectivity index (χ1) is 15.8. The van der Waals surface area contributed by atoms with Gasteiger partial charge in [-0.05, 0) is 44.2 Å². The van der Waals surface area contributed by atoms with Gasteiger partial charge in [-0.15, -0.1) is 0 Å². The summed E-state index contributed by atoms with van der Waals surface area (Å²) in [4.78, 5) is 21.5. The lowest BCUT2D eigenvalue weighted by Gasteiger charge is -2.39. The zero-order valence-electron chi connectivity index (χ0n) is 18.8. The second-order valence-corrected chi connectivity index (χ2v) is 8.16. The molecule has 1 N–H and O–H groups in total. The Morgan fingerprint density at radius 3 is 2.73 bits per heavy atom. The average Bonchev–Trinajstić information content (AvgIpc) is 3.21. The molecule has 0 radical (unpaired) electrons. The zero-order chi connectivity index (χ0) is 23.7. The molecule has 0 spiro atoms. The summed E-state index contributed by atoms with van der Waals surface area (Å²) in [6.07, 6.45) is 2.88. The number of pyridine rings is 1. The molecule has 3 heterocycles. The molecular formula is C24H25FN6O2. The molecule has 2 aromatic heterocycles. The molecule has 8 nitrogen and oxygen atoms in total. The van der Waals surface area contributed by atoms with Gasteiger partial charge in [0.05, 0.1) is 17.3 Å². The van der Waals surface area contributed by atoms with E-state index in [4.69, 9.17) is 5.26 Å². The highest BCUT2D eigenvalue weighted by Gasteiger charge is 2.27. The van der Waals surface area contributed by atoms with E-state index in [1.807, 2.05) is 11.8 Å². The van der Waals surface area contributed by atoms with Crippen molar-refractivity contribution in [3.8, 4) is 28.9 Å². The van der Waals surface area contributed by atoms with Gasteiger partial charge in [-0.25, -0.2) is 14.1 Å². The average molecular weight is 449 g/mol. The number of piperazine rings is 1. The van der Waals surface area contributed by atoms with Crippen molar-refractivity contribution in [1.29, 1.82) is 5.26 Å². The van der Waals surface area contributed by atoms with Crippen LogP contribution in [0.3, 0.4) is 0 Å². The van der Waals surface area contributed by atoms with Crippen LogP contribution in [0, 0.1) is 24.1 Å². The summed E-state index contributed by atoms with van der Waals surface area (Å²) in [6.45, 7) is 9.03. The van der Waals surface area contributed by atoms with E-state index < -0.39 is 5.82 Å². The Morgan fingerprint density at radius 2 is 2.09 bits per heavy atom. The van der Waals surface area contributed by atoms with Crippen molar-refractivity contribution in [3.63, 3.8) is 0 Å². The third-order valence-corrected chi connectivity index (χ3v) is 6.11. The second-order valence-electron chi connectivity index (χ2n) is 8.16. The first kappa shape index (κ1) is 22.4. The Labute approximate surface area is 191 Å². The summed E-state index contributed by atoms with van der Waals surface area (Å²) in [5, 5.41) is 23.8.